The Balaban J connectivity index is 0.00000104. The maximum atomic E-state index is 12.6. The number of imidazole rings is 1. The summed E-state index contributed by atoms with van der Waals surface area (Å²) in [5.41, 5.74) is 1.74. The number of rotatable bonds is 3. The summed E-state index contributed by atoms with van der Waals surface area (Å²) in [4.78, 5) is 19.1. The number of carbonyl (C=O) groups is 1. The molecule has 7 heteroatoms. The van der Waals surface area contributed by atoms with Crippen molar-refractivity contribution >= 4 is 36.4 Å². The molecule has 0 aromatic carbocycles. The van der Waals surface area contributed by atoms with Gasteiger partial charge in [-0.15, -0.1) is 24.8 Å². The van der Waals surface area contributed by atoms with Gasteiger partial charge < -0.3 is 14.6 Å². The van der Waals surface area contributed by atoms with Gasteiger partial charge in [-0.05, 0) is 37.8 Å². The first-order valence-corrected chi connectivity index (χ1v) is 8.13. The fourth-order valence-electron chi connectivity index (χ4n) is 3.90. The monoisotopic (exact) mass is 370 g/mol. The summed E-state index contributed by atoms with van der Waals surface area (Å²) in [6, 6.07) is 7.48. The van der Waals surface area contributed by atoms with E-state index in [9.17, 15) is 4.79 Å². The molecule has 2 fully saturated rings. The van der Waals surface area contributed by atoms with Crippen molar-refractivity contribution in [3.63, 3.8) is 0 Å². The number of aromatic nitrogens is 2. The molecule has 0 saturated carbocycles. The molecule has 4 heterocycles. The molecule has 1 N–H and O–H groups in total. The number of nitrogens with zero attached hydrogens (tertiary/aromatic N) is 3. The number of halogens is 2. The quantitative estimate of drug-likeness (QED) is 0.902. The number of pyridine rings is 1. The zero-order valence-corrected chi connectivity index (χ0v) is 15.4. The molecule has 24 heavy (non-hydrogen) atoms. The van der Waals surface area contributed by atoms with Crippen molar-refractivity contribution < 1.29 is 4.79 Å². The molecule has 5 nitrogen and oxygen atoms in total. The van der Waals surface area contributed by atoms with E-state index in [4.69, 9.17) is 0 Å². The van der Waals surface area contributed by atoms with Crippen LogP contribution in [0.15, 0.2) is 30.6 Å². The van der Waals surface area contributed by atoms with Crippen LogP contribution in [0, 0.1) is 0 Å². The normalized spacial score (nSPS) is 25.0. The van der Waals surface area contributed by atoms with Crippen LogP contribution in [0.4, 0.5) is 0 Å². The highest BCUT2D eigenvalue weighted by Gasteiger charge is 2.36. The topological polar surface area (TPSA) is 49.6 Å². The molecular formula is C17H24Cl2N4O. The third-order valence-electron chi connectivity index (χ3n) is 5.14. The fraction of sp³-hybridized carbons (Fsp3) is 0.529. The Labute approximate surface area is 154 Å². The average molecular weight is 371 g/mol. The van der Waals surface area contributed by atoms with Crippen LogP contribution in [0.25, 0.3) is 5.65 Å². The van der Waals surface area contributed by atoms with E-state index in [1.807, 2.05) is 46.9 Å². The van der Waals surface area contributed by atoms with Gasteiger partial charge >= 0.3 is 0 Å². The van der Waals surface area contributed by atoms with Gasteiger partial charge in [0.25, 0.3) is 0 Å². The molecule has 2 atom stereocenters. The lowest BCUT2D eigenvalue weighted by atomic mass is 9.98. The molecule has 2 aliphatic heterocycles. The molecule has 2 aromatic heterocycles. The van der Waals surface area contributed by atoms with Gasteiger partial charge in [0, 0.05) is 37.6 Å². The Morgan fingerprint density at radius 3 is 2.67 bits per heavy atom. The minimum atomic E-state index is 0. The summed E-state index contributed by atoms with van der Waals surface area (Å²) in [6.07, 6.45) is 8.99. The van der Waals surface area contributed by atoms with Gasteiger partial charge in [-0.2, -0.15) is 0 Å². The third kappa shape index (κ3) is 3.68. The maximum Gasteiger partial charge on any atom is 0.228 e. The Morgan fingerprint density at radius 1 is 1.29 bits per heavy atom. The standard InChI is InChI=1S/C17H22N4O.2ClH/c1-20(15-8-12-5-6-13(9-15)18-12)17(22)10-14-11-21-7-3-2-4-16(21)19-14;;/h2-4,7,11-13,15,18H,5-6,8-10H2,1H3;2*1H. The van der Waals surface area contributed by atoms with Crippen LogP contribution in [0.1, 0.15) is 31.4 Å². The molecule has 2 aliphatic rings. The van der Waals surface area contributed by atoms with Gasteiger partial charge in [0.15, 0.2) is 0 Å². The summed E-state index contributed by atoms with van der Waals surface area (Å²) in [5, 5.41) is 3.63. The van der Waals surface area contributed by atoms with E-state index in [-0.39, 0.29) is 30.7 Å². The predicted molar refractivity (Wildman–Crippen MR) is 99.1 cm³/mol. The first-order valence-electron chi connectivity index (χ1n) is 8.13. The fourth-order valence-corrected chi connectivity index (χ4v) is 3.90. The van der Waals surface area contributed by atoms with Crippen molar-refractivity contribution in [3.05, 3.63) is 36.3 Å². The molecule has 1 amide bonds. The Hall–Kier alpha value is -1.30. The van der Waals surface area contributed by atoms with Crippen molar-refractivity contribution in [1.29, 1.82) is 0 Å². The third-order valence-corrected chi connectivity index (χ3v) is 5.14. The summed E-state index contributed by atoms with van der Waals surface area (Å²) in [6.45, 7) is 0. The van der Waals surface area contributed by atoms with Crippen LogP contribution in [0.5, 0.6) is 0 Å². The maximum absolute atomic E-state index is 12.6. The smallest absolute Gasteiger partial charge is 0.228 e. The van der Waals surface area contributed by atoms with Crippen molar-refractivity contribution in [1.82, 2.24) is 19.6 Å². The first kappa shape index (κ1) is 19.0. The van der Waals surface area contributed by atoms with E-state index in [1.54, 1.807) is 0 Å². The van der Waals surface area contributed by atoms with Gasteiger partial charge in [-0.1, -0.05) is 6.07 Å². The van der Waals surface area contributed by atoms with E-state index in [0.717, 1.165) is 24.2 Å². The summed E-state index contributed by atoms with van der Waals surface area (Å²) >= 11 is 0. The van der Waals surface area contributed by atoms with E-state index in [1.165, 1.54) is 12.8 Å². The SMILES string of the molecule is CN(C(=O)Cc1cn2ccccc2n1)C1CC2CCC(C1)N2.Cl.Cl. The van der Waals surface area contributed by atoms with E-state index in [0.29, 0.717) is 24.5 Å². The van der Waals surface area contributed by atoms with Crippen LogP contribution >= 0.6 is 24.8 Å². The molecule has 0 aliphatic carbocycles. The van der Waals surface area contributed by atoms with Crippen LogP contribution < -0.4 is 5.32 Å². The number of fused-ring (bicyclic) bond motifs is 3. The van der Waals surface area contributed by atoms with Crippen molar-refractivity contribution in [2.45, 2.75) is 50.2 Å². The second-order valence-electron chi connectivity index (χ2n) is 6.64. The predicted octanol–water partition coefficient (Wildman–Crippen LogP) is 2.46. The number of amides is 1. The Morgan fingerprint density at radius 2 is 2.00 bits per heavy atom. The zero-order chi connectivity index (χ0) is 15.1. The van der Waals surface area contributed by atoms with Gasteiger partial charge in [0.05, 0.1) is 12.1 Å². The molecule has 2 aromatic rings. The second kappa shape index (κ2) is 7.72. The highest BCUT2D eigenvalue weighted by Crippen LogP contribution is 2.29. The summed E-state index contributed by atoms with van der Waals surface area (Å²) in [7, 11) is 1.95. The van der Waals surface area contributed by atoms with Crippen LogP contribution in [0.2, 0.25) is 0 Å². The lowest BCUT2D eigenvalue weighted by Gasteiger charge is -2.35. The molecule has 2 saturated heterocycles. The zero-order valence-electron chi connectivity index (χ0n) is 13.7. The highest BCUT2D eigenvalue weighted by molar-refractivity contribution is 5.85. The van der Waals surface area contributed by atoms with Crippen molar-refractivity contribution in [3.8, 4) is 0 Å². The van der Waals surface area contributed by atoms with E-state index in [2.05, 4.69) is 10.3 Å². The lowest BCUT2D eigenvalue weighted by molar-refractivity contribution is -0.132. The van der Waals surface area contributed by atoms with Crippen LogP contribution in [0.3, 0.4) is 0 Å². The van der Waals surface area contributed by atoms with Gasteiger partial charge in [-0.3, -0.25) is 4.79 Å². The molecular weight excluding hydrogens is 347 g/mol. The number of hydrogen-bond acceptors (Lipinski definition) is 3. The highest BCUT2D eigenvalue weighted by atomic mass is 35.5. The second-order valence-corrected chi connectivity index (χ2v) is 6.64. The first-order chi connectivity index (χ1) is 10.7. The van der Waals surface area contributed by atoms with E-state index < -0.39 is 0 Å². The van der Waals surface area contributed by atoms with Gasteiger partial charge in [0.2, 0.25) is 5.91 Å². The number of hydrogen-bond donors (Lipinski definition) is 1. The van der Waals surface area contributed by atoms with Gasteiger partial charge in [-0.25, -0.2) is 4.98 Å². The Kier molecular flexibility index (Phi) is 6.12. The Bertz CT molecular complexity index is 660. The number of carbonyl (C=O) groups excluding carboxylic acids is 1. The van der Waals surface area contributed by atoms with Crippen molar-refractivity contribution in [2.24, 2.45) is 0 Å². The van der Waals surface area contributed by atoms with Crippen LogP contribution in [-0.2, 0) is 11.2 Å². The molecule has 4 rings (SSSR count). The largest absolute Gasteiger partial charge is 0.342 e. The summed E-state index contributed by atoms with van der Waals surface area (Å²) < 4.78 is 1.97. The van der Waals surface area contributed by atoms with E-state index >= 15 is 0 Å². The minimum absolute atomic E-state index is 0. The van der Waals surface area contributed by atoms with Crippen LogP contribution in [-0.4, -0.2) is 45.4 Å². The number of likely N-dealkylation sites (N-methyl/N-ethyl adjacent to an activating group) is 1. The van der Waals surface area contributed by atoms with Gasteiger partial charge in [0.1, 0.15) is 5.65 Å². The number of nitrogens with one attached hydrogen (secondary N) is 1. The molecule has 2 bridgehead atoms. The average Bonchev–Trinajstić information content (AvgIpc) is 3.08. The molecule has 0 spiro atoms. The molecule has 132 valence electrons. The lowest BCUT2D eigenvalue weighted by Crippen LogP contribution is -2.49. The molecule has 0 radical (unpaired) electrons. The number of piperidine rings is 1. The van der Waals surface area contributed by atoms with Crippen molar-refractivity contribution in [2.75, 3.05) is 7.05 Å². The molecule has 2 unspecified atom stereocenters. The summed E-state index contributed by atoms with van der Waals surface area (Å²) in [5.74, 6) is 0.176. The minimum Gasteiger partial charge on any atom is -0.342 e.